The van der Waals surface area contributed by atoms with Crippen LogP contribution in [0.3, 0.4) is 0 Å². The zero-order chi connectivity index (χ0) is 12.4. The molecule has 4 heteroatoms. The maximum Gasteiger partial charge on any atom is 0.131 e. The van der Waals surface area contributed by atoms with E-state index in [0.29, 0.717) is 5.88 Å². The third-order valence-corrected chi connectivity index (χ3v) is 4.03. The van der Waals surface area contributed by atoms with E-state index < -0.39 is 0 Å². The van der Waals surface area contributed by atoms with Gasteiger partial charge in [0, 0.05) is 25.7 Å². The highest BCUT2D eigenvalue weighted by Gasteiger charge is 2.21. The lowest BCUT2D eigenvalue weighted by Crippen LogP contribution is -2.27. The molecule has 0 spiro atoms. The topological polar surface area (TPSA) is 21.1 Å². The van der Waals surface area contributed by atoms with Crippen molar-refractivity contribution >= 4 is 17.4 Å². The second-order valence-electron chi connectivity index (χ2n) is 5.17. The highest BCUT2D eigenvalue weighted by molar-refractivity contribution is 6.17. The molecule has 0 bridgehead atoms. The summed E-state index contributed by atoms with van der Waals surface area (Å²) in [6.07, 6.45) is 3.88. The molecule has 1 aliphatic heterocycles. The molecule has 2 heterocycles. The third kappa shape index (κ3) is 2.59. The van der Waals surface area contributed by atoms with Gasteiger partial charge >= 0.3 is 0 Å². The molecule has 1 aromatic rings. The maximum absolute atomic E-state index is 6.06. The van der Waals surface area contributed by atoms with E-state index >= 15 is 0 Å². The average Bonchev–Trinajstić information content (AvgIpc) is 2.46. The Labute approximate surface area is 109 Å². The lowest BCUT2D eigenvalue weighted by atomic mass is 10.0. The summed E-state index contributed by atoms with van der Waals surface area (Å²) in [4.78, 5) is 2.46. The van der Waals surface area contributed by atoms with Gasteiger partial charge in [-0.2, -0.15) is 5.10 Å². The fraction of sp³-hybridized carbons (Fsp3) is 0.769. The Morgan fingerprint density at radius 2 is 2.12 bits per heavy atom. The Morgan fingerprint density at radius 1 is 1.35 bits per heavy atom. The number of alkyl halides is 1. The second kappa shape index (κ2) is 5.30. The first-order chi connectivity index (χ1) is 8.13. The molecule has 1 saturated heterocycles. The highest BCUT2D eigenvalue weighted by atomic mass is 35.5. The average molecular weight is 256 g/mol. The van der Waals surface area contributed by atoms with Crippen LogP contribution < -0.4 is 4.90 Å². The summed E-state index contributed by atoms with van der Waals surface area (Å²) >= 11 is 6.06. The highest BCUT2D eigenvalue weighted by Crippen LogP contribution is 2.28. The van der Waals surface area contributed by atoms with Gasteiger partial charge in [-0.3, -0.25) is 4.68 Å². The molecule has 1 unspecified atom stereocenters. The molecule has 0 amide bonds. The summed E-state index contributed by atoms with van der Waals surface area (Å²) in [5, 5.41) is 4.50. The number of hydrogen-bond acceptors (Lipinski definition) is 2. The van der Waals surface area contributed by atoms with E-state index in [-0.39, 0.29) is 0 Å². The van der Waals surface area contributed by atoms with Gasteiger partial charge < -0.3 is 4.90 Å². The fourth-order valence-electron chi connectivity index (χ4n) is 2.72. The number of hydrogen-bond donors (Lipinski definition) is 0. The van der Waals surface area contributed by atoms with Crippen molar-refractivity contribution in [2.24, 2.45) is 13.0 Å². The summed E-state index contributed by atoms with van der Waals surface area (Å²) < 4.78 is 1.99. The number of aryl methyl sites for hydroxylation is 2. The zero-order valence-electron chi connectivity index (χ0n) is 11.0. The van der Waals surface area contributed by atoms with Gasteiger partial charge in [0.05, 0.1) is 11.6 Å². The van der Waals surface area contributed by atoms with Crippen molar-refractivity contribution in [3.8, 4) is 0 Å². The van der Waals surface area contributed by atoms with Crippen molar-refractivity contribution in [1.82, 2.24) is 9.78 Å². The Bertz CT molecular complexity index is 386. The van der Waals surface area contributed by atoms with Gasteiger partial charge in [-0.15, -0.1) is 11.6 Å². The molecule has 0 radical (unpaired) electrons. The molecule has 1 atom stereocenters. The van der Waals surface area contributed by atoms with Gasteiger partial charge in [0.2, 0.25) is 0 Å². The minimum atomic E-state index is 0.557. The molecule has 1 aliphatic rings. The molecule has 0 aromatic carbocycles. The molecule has 0 saturated carbocycles. The van der Waals surface area contributed by atoms with E-state index in [2.05, 4.69) is 16.9 Å². The molecule has 96 valence electrons. The number of aromatic nitrogens is 2. The van der Waals surface area contributed by atoms with Gasteiger partial charge in [-0.1, -0.05) is 6.92 Å². The van der Waals surface area contributed by atoms with Gasteiger partial charge in [-0.25, -0.2) is 0 Å². The van der Waals surface area contributed by atoms with E-state index in [1.165, 1.54) is 30.6 Å². The van der Waals surface area contributed by atoms with Gasteiger partial charge in [0.25, 0.3) is 0 Å². The van der Waals surface area contributed by atoms with Crippen molar-refractivity contribution in [2.45, 2.75) is 39.0 Å². The molecule has 17 heavy (non-hydrogen) atoms. The molecular weight excluding hydrogens is 234 g/mol. The van der Waals surface area contributed by atoms with Crippen LogP contribution in [0.4, 0.5) is 5.82 Å². The van der Waals surface area contributed by atoms with Crippen molar-refractivity contribution in [1.29, 1.82) is 0 Å². The molecule has 1 aromatic heterocycles. The fourth-order valence-corrected chi connectivity index (χ4v) is 3.03. The van der Waals surface area contributed by atoms with E-state index in [1.807, 2.05) is 18.7 Å². The SMILES string of the molecule is Cc1nn(C)c(N2CCCC(C)CC2)c1CCl. The summed E-state index contributed by atoms with van der Waals surface area (Å²) in [7, 11) is 2.02. The van der Waals surface area contributed by atoms with Crippen LogP contribution in [0.25, 0.3) is 0 Å². The molecule has 1 fully saturated rings. The predicted octanol–water partition coefficient (Wildman–Crippen LogP) is 3.09. The Balaban J connectivity index is 2.26. The molecule has 0 N–H and O–H groups in total. The van der Waals surface area contributed by atoms with Crippen LogP contribution >= 0.6 is 11.6 Å². The van der Waals surface area contributed by atoms with Gasteiger partial charge in [-0.05, 0) is 32.1 Å². The first-order valence-electron chi connectivity index (χ1n) is 6.47. The monoisotopic (exact) mass is 255 g/mol. The minimum Gasteiger partial charge on any atom is -0.357 e. The van der Waals surface area contributed by atoms with Crippen LogP contribution in [-0.4, -0.2) is 22.9 Å². The number of anilines is 1. The van der Waals surface area contributed by atoms with Gasteiger partial charge in [0.15, 0.2) is 0 Å². The van der Waals surface area contributed by atoms with Crippen LogP contribution in [-0.2, 0) is 12.9 Å². The van der Waals surface area contributed by atoms with Crippen LogP contribution in [0.1, 0.15) is 37.4 Å². The third-order valence-electron chi connectivity index (χ3n) is 3.76. The predicted molar refractivity (Wildman–Crippen MR) is 72.7 cm³/mol. The standard InChI is InChI=1S/C13H22ClN3/c1-10-5-4-7-17(8-6-10)13-12(9-14)11(2)15-16(13)3/h10H,4-9H2,1-3H3. The first kappa shape index (κ1) is 12.7. The van der Waals surface area contributed by atoms with Crippen molar-refractivity contribution in [2.75, 3.05) is 18.0 Å². The Hall–Kier alpha value is -0.700. The van der Waals surface area contributed by atoms with Crippen LogP contribution in [0.5, 0.6) is 0 Å². The number of nitrogens with zero attached hydrogens (tertiary/aromatic N) is 3. The van der Waals surface area contributed by atoms with Crippen molar-refractivity contribution in [3.05, 3.63) is 11.3 Å². The largest absolute Gasteiger partial charge is 0.357 e. The quantitative estimate of drug-likeness (QED) is 0.758. The maximum atomic E-state index is 6.06. The Kier molecular flexibility index (Phi) is 3.97. The number of rotatable bonds is 2. The minimum absolute atomic E-state index is 0.557. The lowest BCUT2D eigenvalue weighted by Gasteiger charge is -2.23. The lowest BCUT2D eigenvalue weighted by molar-refractivity contribution is 0.520. The summed E-state index contributed by atoms with van der Waals surface area (Å²) in [6, 6.07) is 0. The molecular formula is C13H22ClN3. The number of halogens is 1. The van der Waals surface area contributed by atoms with Crippen LogP contribution in [0.15, 0.2) is 0 Å². The van der Waals surface area contributed by atoms with E-state index in [1.54, 1.807) is 0 Å². The molecule has 3 nitrogen and oxygen atoms in total. The summed E-state index contributed by atoms with van der Waals surface area (Å²) in [6.45, 7) is 6.65. The van der Waals surface area contributed by atoms with E-state index in [4.69, 9.17) is 11.6 Å². The normalized spacial score (nSPS) is 21.6. The summed E-state index contributed by atoms with van der Waals surface area (Å²) in [5.74, 6) is 2.63. The van der Waals surface area contributed by atoms with Gasteiger partial charge in [0.1, 0.15) is 5.82 Å². The van der Waals surface area contributed by atoms with E-state index in [0.717, 1.165) is 24.7 Å². The smallest absolute Gasteiger partial charge is 0.131 e. The second-order valence-corrected chi connectivity index (χ2v) is 5.44. The summed E-state index contributed by atoms with van der Waals surface area (Å²) in [5.41, 5.74) is 2.26. The van der Waals surface area contributed by atoms with Crippen molar-refractivity contribution in [3.63, 3.8) is 0 Å². The van der Waals surface area contributed by atoms with Crippen molar-refractivity contribution < 1.29 is 0 Å². The van der Waals surface area contributed by atoms with Crippen LogP contribution in [0, 0.1) is 12.8 Å². The Morgan fingerprint density at radius 3 is 2.82 bits per heavy atom. The zero-order valence-corrected chi connectivity index (χ0v) is 11.8. The molecule has 2 rings (SSSR count). The molecule has 0 aliphatic carbocycles. The van der Waals surface area contributed by atoms with Crippen LogP contribution in [0.2, 0.25) is 0 Å². The first-order valence-corrected chi connectivity index (χ1v) is 7.00. The van der Waals surface area contributed by atoms with E-state index in [9.17, 15) is 0 Å².